The SMILES string of the molecule is CS(=O)(=O)c1cc(-c2ccc3nc4n(c3c2)CCNC4)ccn1. The molecule has 4 rings (SSSR count). The highest BCUT2D eigenvalue weighted by molar-refractivity contribution is 7.90. The van der Waals surface area contributed by atoms with Crippen LogP contribution in [0, 0.1) is 0 Å². The lowest BCUT2D eigenvalue weighted by Gasteiger charge is -2.15. The standard InChI is InChI=1S/C16H16N4O2S/c1-23(21,22)16-9-12(4-5-18-16)11-2-3-13-14(8-11)20-7-6-17-10-15(20)19-13/h2-5,8-9,17H,6-7,10H2,1H3. The van der Waals surface area contributed by atoms with Crippen molar-refractivity contribution in [2.24, 2.45) is 0 Å². The van der Waals surface area contributed by atoms with Crippen molar-refractivity contribution in [3.05, 3.63) is 42.4 Å². The lowest BCUT2D eigenvalue weighted by molar-refractivity contribution is 0.514. The van der Waals surface area contributed by atoms with Crippen molar-refractivity contribution in [1.29, 1.82) is 0 Å². The normalized spacial score (nSPS) is 14.8. The lowest BCUT2D eigenvalue weighted by atomic mass is 10.1. The van der Waals surface area contributed by atoms with Crippen molar-refractivity contribution in [1.82, 2.24) is 19.9 Å². The van der Waals surface area contributed by atoms with E-state index in [0.29, 0.717) is 0 Å². The van der Waals surface area contributed by atoms with Gasteiger partial charge in [-0.05, 0) is 35.4 Å². The van der Waals surface area contributed by atoms with E-state index in [2.05, 4.69) is 25.9 Å². The molecule has 23 heavy (non-hydrogen) atoms. The van der Waals surface area contributed by atoms with Gasteiger partial charge in [0.05, 0.1) is 17.6 Å². The molecule has 1 aliphatic heterocycles. The summed E-state index contributed by atoms with van der Waals surface area (Å²) in [6, 6.07) is 9.46. The Balaban J connectivity index is 1.86. The predicted octanol–water partition coefficient (Wildman–Crippen LogP) is 1.60. The summed E-state index contributed by atoms with van der Waals surface area (Å²) in [5, 5.41) is 3.41. The Hall–Kier alpha value is -2.25. The van der Waals surface area contributed by atoms with Gasteiger partial charge in [0.1, 0.15) is 5.82 Å². The fourth-order valence-electron chi connectivity index (χ4n) is 2.92. The number of aromatic nitrogens is 3. The van der Waals surface area contributed by atoms with Gasteiger partial charge in [-0.3, -0.25) is 0 Å². The summed E-state index contributed by atoms with van der Waals surface area (Å²) >= 11 is 0. The molecule has 0 amide bonds. The molecule has 0 radical (unpaired) electrons. The number of sulfone groups is 1. The van der Waals surface area contributed by atoms with E-state index < -0.39 is 9.84 Å². The number of fused-ring (bicyclic) bond motifs is 3. The third-order valence-corrected chi connectivity index (χ3v) is 5.05. The molecule has 0 unspecified atom stereocenters. The quantitative estimate of drug-likeness (QED) is 0.773. The second-order valence-corrected chi connectivity index (χ2v) is 7.68. The van der Waals surface area contributed by atoms with E-state index in [0.717, 1.165) is 47.6 Å². The maximum atomic E-state index is 11.7. The molecule has 0 saturated heterocycles. The van der Waals surface area contributed by atoms with Crippen LogP contribution in [-0.4, -0.2) is 35.8 Å². The van der Waals surface area contributed by atoms with Gasteiger partial charge in [0.25, 0.3) is 0 Å². The number of hydrogen-bond acceptors (Lipinski definition) is 5. The van der Waals surface area contributed by atoms with Gasteiger partial charge in [-0.1, -0.05) is 6.07 Å². The number of benzene rings is 1. The largest absolute Gasteiger partial charge is 0.326 e. The minimum atomic E-state index is -3.32. The second kappa shape index (κ2) is 5.14. The van der Waals surface area contributed by atoms with Crippen LogP contribution >= 0.6 is 0 Å². The fourth-order valence-corrected chi connectivity index (χ4v) is 3.51. The molecule has 1 aromatic carbocycles. The third-order valence-electron chi connectivity index (χ3n) is 4.07. The van der Waals surface area contributed by atoms with Crippen molar-refractivity contribution in [2.75, 3.05) is 12.8 Å². The van der Waals surface area contributed by atoms with Crippen LogP contribution in [0.4, 0.5) is 0 Å². The van der Waals surface area contributed by atoms with E-state index in [9.17, 15) is 8.42 Å². The number of nitrogens with zero attached hydrogens (tertiary/aromatic N) is 3. The monoisotopic (exact) mass is 328 g/mol. The maximum absolute atomic E-state index is 11.7. The zero-order valence-corrected chi connectivity index (χ0v) is 13.5. The van der Waals surface area contributed by atoms with E-state index in [-0.39, 0.29) is 5.03 Å². The van der Waals surface area contributed by atoms with Gasteiger partial charge in [-0.25, -0.2) is 18.4 Å². The zero-order valence-electron chi connectivity index (χ0n) is 12.7. The highest BCUT2D eigenvalue weighted by Gasteiger charge is 2.15. The van der Waals surface area contributed by atoms with Crippen LogP contribution in [0.25, 0.3) is 22.2 Å². The molecule has 6 nitrogen and oxygen atoms in total. The van der Waals surface area contributed by atoms with E-state index in [4.69, 9.17) is 0 Å². The third kappa shape index (κ3) is 2.51. The molecule has 0 saturated carbocycles. The Kier molecular flexibility index (Phi) is 3.21. The van der Waals surface area contributed by atoms with Crippen LogP contribution in [-0.2, 0) is 22.9 Å². The van der Waals surface area contributed by atoms with Crippen molar-refractivity contribution in [3.8, 4) is 11.1 Å². The van der Waals surface area contributed by atoms with Crippen LogP contribution in [0.2, 0.25) is 0 Å². The minimum absolute atomic E-state index is 0.0922. The lowest BCUT2D eigenvalue weighted by Crippen LogP contribution is -2.28. The van der Waals surface area contributed by atoms with Gasteiger partial charge >= 0.3 is 0 Å². The number of imidazole rings is 1. The summed E-state index contributed by atoms with van der Waals surface area (Å²) < 4.78 is 25.6. The summed E-state index contributed by atoms with van der Waals surface area (Å²) in [5.41, 5.74) is 3.85. The van der Waals surface area contributed by atoms with E-state index >= 15 is 0 Å². The predicted molar refractivity (Wildman–Crippen MR) is 87.8 cm³/mol. The number of nitrogens with one attached hydrogen (secondary N) is 1. The molecular weight excluding hydrogens is 312 g/mol. The first kappa shape index (κ1) is 14.3. The summed E-state index contributed by atoms with van der Waals surface area (Å²) in [5.74, 6) is 1.04. The van der Waals surface area contributed by atoms with Crippen molar-refractivity contribution < 1.29 is 8.42 Å². The Morgan fingerprint density at radius 2 is 2.00 bits per heavy atom. The summed E-state index contributed by atoms with van der Waals surface area (Å²) in [6.07, 6.45) is 2.70. The molecule has 0 aliphatic carbocycles. The molecule has 118 valence electrons. The Morgan fingerprint density at radius 1 is 1.17 bits per heavy atom. The molecule has 2 aromatic heterocycles. The molecule has 1 aliphatic rings. The molecule has 1 N–H and O–H groups in total. The zero-order chi connectivity index (χ0) is 16.0. The first-order valence-electron chi connectivity index (χ1n) is 7.39. The van der Waals surface area contributed by atoms with Crippen LogP contribution < -0.4 is 5.32 Å². The highest BCUT2D eigenvalue weighted by atomic mass is 32.2. The van der Waals surface area contributed by atoms with Crippen molar-refractivity contribution >= 4 is 20.9 Å². The molecule has 7 heteroatoms. The topological polar surface area (TPSA) is 76.9 Å². The molecule has 3 heterocycles. The highest BCUT2D eigenvalue weighted by Crippen LogP contribution is 2.26. The van der Waals surface area contributed by atoms with Gasteiger partial charge in [0, 0.05) is 25.5 Å². The van der Waals surface area contributed by atoms with Crippen molar-refractivity contribution in [2.45, 2.75) is 18.1 Å². The van der Waals surface area contributed by atoms with E-state index in [1.165, 1.54) is 12.5 Å². The van der Waals surface area contributed by atoms with Gasteiger partial charge < -0.3 is 9.88 Å². The number of hydrogen-bond donors (Lipinski definition) is 1. The van der Waals surface area contributed by atoms with Crippen LogP contribution in [0.15, 0.2) is 41.6 Å². The molecule has 0 atom stereocenters. The number of rotatable bonds is 2. The summed E-state index contributed by atoms with van der Waals surface area (Å²) in [6.45, 7) is 2.59. The van der Waals surface area contributed by atoms with Crippen LogP contribution in [0.1, 0.15) is 5.82 Å². The molecule has 3 aromatic rings. The van der Waals surface area contributed by atoms with Crippen LogP contribution in [0.5, 0.6) is 0 Å². The minimum Gasteiger partial charge on any atom is -0.326 e. The first-order valence-corrected chi connectivity index (χ1v) is 9.28. The van der Waals surface area contributed by atoms with Crippen LogP contribution in [0.3, 0.4) is 0 Å². The van der Waals surface area contributed by atoms with Gasteiger partial charge in [0.2, 0.25) is 0 Å². The number of pyridine rings is 1. The first-order chi connectivity index (χ1) is 11.0. The Bertz CT molecular complexity index is 1010. The van der Waals surface area contributed by atoms with Crippen molar-refractivity contribution in [3.63, 3.8) is 0 Å². The maximum Gasteiger partial charge on any atom is 0.192 e. The molecule has 0 spiro atoms. The average Bonchev–Trinajstić information content (AvgIpc) is 2.92. The second-order valence-electron chi connectivity index (χ2n) is 5.71. The molecule has 0 fully saturated rings. The average molecular weight is 328 g/mol. The smallest absolute Gasteiger partial charge is 0.192 e. The Morgan fingerprint density at radius 3 is 2.83 bits per heavy atom. The van der Waals surface area contributed by atoms with Gasteiger partial charge in [0.15, 0.2) is 14.9 Å². The van der Waals surface area contributed by atoms with E-state index in [1.807, 2.05) is 18.2 Å². The Labute approximate surface area is 134 Å². The van der Waals surface area contributed by atoms with E-state index in [1.54, 1.807) is 6.07 Å². The molecule has 0 bridgehead atoms. The fraction of sp³-hybridized carbons (Fsp3) is 0.250. The molecular formula is C16H16N4O2S. The van der Waals surface area contributed by atoms with Gasteiger partial charge in [-0.15, -0.1) is 0 Å². The summed E-state index contributed by atoms with van der Waals surface area (Å²) in [7, 11) is -3.32. The summed E-state index contributed by atoms with van der Waals surface area (Å²) in [4.78, 5) is 8.58. The van der Waals surface area contributed by atoms with Gasteiger partial charge in [-0.2, -0.15) is 0 Å².